The molecule has 1 aromatic carbocycles. The maximum atomic E-state index is 12.4. The average Bonchev–Trinajstić information content (AvgIpc) is 2.89. The molecule has 1 heterocycles. The van der Waals surface area contributed by atoms with E-state index in [1.807, 2.05) is 0 Å². The van der Waals surface area contributed by atoms with E-state index in [9.17, 15) is 13.2 Å². The summed E-state index contributed by atoms with van der Waals surface area (Å²) in [5.74, 6) is -0.0265. The number of primary amides is 1. The van der Waals surface area contributed by atoms with E-state index in [0.29, 0.717) is 25.1 Å². The summed E-state index contributed by atoms with van der Waals surface area (Å²) < 4.78 is 31.0. The molecule has 0 aromatic heterocycles. The van der Waals surface area contributed by atoms with Crippen LogP contribution in [-0.2, 0) is 14.8 Å². The third kappa shape index (κ3) is 2.57. The number of nitrogens with zero attached hydrogens (tertiary/aromatic N) is 1. The standard InChI is InChI=1S/C12H16N2O4S/c1-18-9-4-6-10(7-5-9)19(16,17)14-8-2-3-11(14)12(13)15/h4-7,11H,2-3,8H2,1H3,(H2,13,15)/t11-/m1/s1. The fourth-order valence-electron chi connectivity index (χ4n) is 2.20. The van der Waals surface area contributed by atoms with Gasteiger partial charge in [-0.2, -0.15) is 4.31 Å². The van der Waals surface area contributed by atoms with Gasteiger partial charge in [0.25, 0.3) is 0 Å². The number of sulfonamides is 1. The lowest BCUT2D eigenvalue weighted by Crippen LogP contribution is -2.43. The fraction of sp³-hybridized carbons (Fsp3) is 0.417. The first-order valence-corrected chi connectivity index (χ1v) is 7.36. The Balaban J connectivity index is 2.33. The van der Waals surface area contributed by atoms with Crippen molar-refractivity contribution in [2.75, 3.05) is 13.7 Å². The molecule has 2 N–H and O–H groups in total. The predicted molar refractivity (Wildman–Crippen MR) is 69.1 cm³/mol. The van der Waals surface area contributed by atoms with Crippen molar-refractivity contribution >= 4 is 15.9 Å². The molecule has 1 atom stereocenters. The first-order chi connectivity index (χ1) is 8.96. The minimum Gasteiger partial charge on any atom is -0.497 e. The van der Waals surface area contributed by atoms with Crippen molar-refractivity contribution in [3.8, 4) is 5.75 Å². The van der Waals surface area contributed by atoms with Crippen molar-refractivity contribution in [3.05, 3.63) is 24.3 Å². The van der Waals surface area contributed by atoms with Crippen LogP contribution in [0.15, 0.2) is 29.2 Å². The number of benzene rings is 1. The van der Waals surface area contributed by atoms with Gasteiger partial charge in [-0.3, -0.25) is 4.79 Å². The smallest absolute Gasteiger partial charge is 0.243 e. The third-order valence-corrected chi connectivity index (χ3v) is 5.12. The summed E-state index contributed by atoms with van der Waals surface area (Å²) in [4.78, 5) is 11.4. The summed E-state index contributed by atoms with van der Waals surface area (Å²) in [6.45, 7) is 0.321. The van der Waals surface area contributed by atoms with Crippen LogP contribution in [0.2, 0.25) is 0 Å². The molecule has 1 aromatic rings. The van der Waals surface area contributed by atoms with E-state index in [1.165, 1.54) is 23.5 Å². The number of carbonyl (C=O) groups is 1. The van der Waals surface area contributed by atoms with Crippen LogP contribution in [-0.4, -0.2) is 38.3 Å². The van der Waals surface area contributed by atoms with Crippen molar-refractivity contribution in [1.29, 1.82) is 0 Å². The fourth-order valence-corrected chi connectivity index (χ4v) is 3.86. The molecule has 2 rings (SSSR count). The second-order valence-electron chi connectivity index (χ2n) is 4.35. The lowest BCUT2D eigenvalue weighted by molar-refractivity contribution is -0.121. The molecular formula is C12H16N2O4S. The first kappa shape index (κ1) is 13.8. The number of nitrogens with two attached hydrogens (primary N) is 1. The Bertz CT molecular complexity index is 568. The topological polar surface area (TPSA) is 89.7 Å². The van der Waals surface area contributed by atoms with Crippen molar-refractivity contribution in [2.24, 2.45) is 5.73 Å². The van der Waals surface area contributed by atoms with Gasteiger partial charge in [0.1, 0.15) is 11.8 Å². The predicted octanol–water partition coefficient (Wildman–Crippen LogP) is 0.334. The Kier molecular flexibility index (Phi) is 3.77. The number of carbonyl (C=O) groups excluding carboxylic acids is 1. The molecule has 6 nitrogen and oxygen atoms in total. The van der Waals surface area contributed by atoms with Crippen LogP contribution >= 0.6 is 0 Å². The van der Waals surface area contributed by atoms with Crippen LogP contribution in [0.1, 0.15) is 12.8 Å². The molecule has 1 aliphatic heterocycles. The van der Waals surface area contributed by atoms with E-state index >= 15 is 0 Å². The highest BCUT2D eigenvalue weighted by Crippen LogP contribution is 2.26. The average molecular weight is 284 g/mol. The van der Waals surface area contributed by atoms with Crippen molar-refractivity contribution in [1.82, 2.24) is 4.31 Å². The molecule has 0 spiro atoms. The quantitative estimate of drug-likeness (QED) is 0.863. The van der Waals surface area contributed by atoms with Crippen LogP contribution in [0.3, 0.4) is 0 Å². The Morgan fingerprint density at radius 2 is 2.00 bits per heavy atom. The highest BCUT2D eigenvalue weighted by atomic mass is 32.2. The van der Waals surface area contributed by atoms with Crippen LogP contribution in [0, 0.1) is 0 Å². The molecule has 19 heavy (non-hydrogen) atoms. The maximum absolute atomic E-state index is 12.4. The van der Waals surface area contributed by atoms with Crippen LogP contribution in [0.5, 0.6) is 5.75 Å². The molecule has 0 aliphatic carbocycles. The molecule has 1 saturated heterocycles. The Hall–Kier alpha value is -1.60. The second-order valence-corrected chi connectivity index (χ2v) is 6.24. The molecule has 104 valence electrons. The SMILES string of the molecule is COc1ccc(S(=O)(=O)N2CCC[C@@H]2C(N)=O)cc1. The van der Waals surface area contributed by atoms with Gasteiger partial charge in [0, 0.05) is 6.54 Å². The van der Waals surface area contributed by atoms with Gasteiger partial charge in [-0.15, -0.1) is 0 Å². The second kappa shape index (κ2) is 5.18. The van der Waals surface area contributed by atoms with Gasteiger partial charge in [-0.25, -0.2) is 8.42 Å². The first-order valence-electron chi connectivity index (χ1n) is 5.92. The summed E-state index contributed by atoms with van der Waals surface area (Å²) in [5.41, 5.74) is 5.24. The minimum atomic E-state index is -3.68. The summed E-state index contributed by atoms with van der Waals surface area (Å²) in [6.07, 6.45) is 1.12. The number of amides is 1. The minimum absolute atomic E-state index is 0.140. The number of methoxy groups -OCH3 is 1. The highest BCUT2D eigenvalue weighted by Gasteiger charge is 2.38. The lowest BCUT2D eigenvalue weighted by atomic mass is 10.2. The van der Waals surface area contributed by atoms with Gasteiger partial charge in [-0.1, -0.05) is 0 Å². The summed E-state index contributed by atoms with van der Waals surface area (Å²) in [6, 6.07) is 5.33. The van der Waals surface area contributed by atoms with Gasteiger partial charge >= 0.3 is 0 Å². The largest absolute Gasteiger partial charge is 0.497 e. The van der Waals surface area contributed by atoms with E-state index in [2.05, 4.69) is 0 Å². The van der Waals surface area contributed by atoms with Crippen molar-refractivity contribution < 1.29 is 17.9 Å². The molecule has 0 bridgehead atoms. The molecular weight excluding hydrogens is 268 g/mol. The zero-order chi connectivity index (χ0) is 14.0. The van der Waals surface area contributed by atoms with E-state index in [1.54, 1.807) is 12.1 Å². The van der Waals surface area contributed by atoms with Crippen molar-refractivity contribution in [3.63, 3.8) is 0 Å². The van der Waals surface area contributed by atoms with E-state index in [4.69, 9.17) is 10.5 Å². The maximum Gasteiger partial charge on any atom is 0.243 e. The molecule has 7 heteroatoms. The molecule has 1 amide bonds. The number of hydrogen-bond donors (Lipinski definition) is 1. The molecule has 0 radical (unpaired) electrons. The van der Waals surface area contributed by atoms with E-state index < -0.39 is 22.0 Å². The van der Waals surface area contributed by atoms with Gasteiger partial charge in [0.15, 0.2) is 0 Å². The van der Waals surface area contributed by atoms with Crippen LogP contribution < -0.4 is 10.5 Å². The Morgan fingerprint density at radius 1 is 1.37 bits per heavy atom. The number of hydrogen-bond acceptors (Lipinski definition) is 4. The Morgan fingerprint density at radius 3 is 2.53 bits per heavy atom. The zero-order valence-corrected chi connectivity index (χ0v) is 11.4. The number of rotatable bonds is 4. The molecule has 0 saturated carbocycles. The summed E-state index contributed by atoms with van der Waals surface area (Å²) >= 11 is 0. The third-order valence-electron chi connectivity index (χ3n) is 3.20. The van der Waals surface area contributed by atoms with Gasteiger partial charge < -0.3 is 10.5 Å². The van der Waals surface area contributed by atoms with Gasteiger partial charge in [0.05, 0.1) is 12.0 Å². The highest BCUT2D eigenvalue weighted by molar-refractivity contribution is 7.89. The lowest BCUT2D eigenvalue weighted by Gasteiger charge is -2.21. The Labute approximate surface area is 112 Å². The van der Waals surface area contributed by atoms with Crippen LogP contribution in [0.25, 0.3) is 0 Å². The normalized spacial score (nSPS) is 20.4. The monoisotopic (exact) mass is 284 g/mol. The van der Waals surface area contributed by atoms with Crippen LogP contribution in [0.4, 0.5) is 0 Å². The molecule has 1 aliphatic rings. The number of ether oxygens (including phenoxy) is 1. The summed E-state index contributed by atoms with van der Waals surface area (Å²) in [5, 5.41) is 0. The summed E-state index contributed by atoms with van der Waals surface area (Å²) in [7, 11) is -2.17. The molecule has 0 unspecified atom stereocenters. The van der Waals surface area contributed by atoms with Crippen molar-refractivity contribution in [2.45, 2.75) is 23.8 Å². The zero-order valence-electron chi connectivity index (χ0n) is 10.6. The van der Waals surface area contributed by atoms with E-state index in [0.717, 1.165) is 0 Å². The van der Waals surface area contributed by atoms with E-state index in [-0.39, 0.29) is 4.90 Å². The van der Waals surface area contributed by atoms with Gasteiger partial charge in [-0.05, 0) is 37.1 Å². The van der Waals surface area contributed by atoms with Gasteiger partial charge in [0.2, 0.25) is 15.9 Å². The molecule has 1 fully saturated rings.